The average Bonchev–Trinajstić information content (AvgIpc) is 2.69. The number of ether oxygens (including phenoxy) is 1. The van der Waals surface area contributed by atoms with Crippen molar-refractivity contribution in [2.75, 3.05) is 10.7 Å². The molecule has 0 radical (unpaired) electrons. The molecule has 0 amide bonds. The van der Waals surface area contributed by atoms with Crippen LogP contribution < -0.4 is 15.5 Å². The zero-order valence-electron chi connectivity index (χ0n) is 15.7. The van der Waals surface area contributed by atoms with E-state index in [0.717, 1.165) is 24.5 Å². The Morgan fingerprint density at radius 2 is 1.56 bits per heavy atom. The highest BCUT2D eigenvalue weighted by atomic mass is 19.4. The molecule has 0 bridgehead atoms. The van der Waals surface area contributed by atoms with Gasteiger partial charge >= 0.3 is 12.5 Å². The Labute approximate surface area is 175 Å². The van der Waals surface area contributed by atoms with E-state index in [1.807, 2.05) is 0 Å². The van der Waals surface area contributed by atoms with Crippen molar-refractivity contribution in [1.29, 1.82) is 0 Å². The molecule has 0 atom stereocenters. The van der Waals surface area contributed by atoms with Gasteiger partial charge in [-0.25, -0.2) is 14.4 Å². The number of anilines is 3. The quantitative estimate of drug-likeness (QED) is 0.280. The maximum absolute atomic E-state index is 13.4. The topological polar surface area (TPSA) is 71.4 Å². The molecule has 0 spiro atoms. The zero-order chi connectivity index (χ0) is 23.4. The first-order valence-electron chi connectivity index (χ1n) is 8.60. The van der Waals surface area contributed by atoms with Gasteiger partial charge in [-0.3, -0.25) is 5.43 Å². The first-order chi connectivity index (χ1) is 15.0. The fourth-order valence-electron chi connectivity index (χ4n) is 2.38. The smallest absolute Gasteiger partial charge is 0.406 e. The van der Waals surface area contributed by atoms with Crippen LogP contribution in [-0.2, 0) is 6.18 Å². The summed E-state index contributed by atoms with van der Waals surface area (Å²) >= 11 is 0. The van der Waals surface area contributed by atoms with Crippen molar-refractivity contribution in [3.05, 3.63) is 71.8 Å². The average molecular weight is 459 g/mol. The molecular weight excluding hydrogens is 447 g/mol. The third-order valence-electron chi connectivity index (χ3n) is 3.72. The number of nitrogens with zero attached hydrogens (tertiary/aromatic N) is 3. The van der Waals surface area contributed by atoms with Crippen LogP contribution in [0.4, 0.5) is 48.1 Å². The molecular formula is C19H12F7N5O. The molecule has 0 fully saturated rings. The number of halogens is 7. The number of hydrogen-bond acceptors (Lipinski definition) is 6. The number of hydrazone groups is 1. The third-order valence-corrected chi connectivity index (χ3v) is 3.72. The van der Waals surface area contributed by atoms with Gasteiger partial charge in [0.15, 0.2) is 5.82 Å². The van der Waals surface area contributed by atoms with Crippen molar-refractivity contribution in [3.63, 3.8) is 0 Å². The first kappa shape index (κ1) is 22.8. The lowest BCUT2D eigenvalue weighted by Gasteiger charge is -2.11. The predicted molar refractivity (Wildman–Crippen MR) is 101 cm³/mol. The van der Waals surface area contributed by atoms with Crippen LogP contribution in [0, 0.1) is 5.82 Å². The maximum atomic E-state index is 13.4. The highest BCUT2D eigenvalue weighted by molar-refractivity contribution is 5.80. The summed E-state index contributed by atoms with van der Waals surface area (Å²) in [5.41, 5.74) is 1.52. The number of hydrogen-bond donors (Lipinski definition) is 2. The van der Waals surface area contributed by atoms with E-state index >= 15 is 0 Å². The molecule has 0 unspecified atom stereocenters. The Hall–Kier alpha value is -3.90. The fourth-order valence-corrected chi connectivity index (χ4v) is 2.38. The molecule has 1 aromatic heterocycles. The SMILES string of the molecule is Fc1ccc(Nc2cc(NN=Cc3ccc(OC(F)(F)F)cc3)ncn2)cc1C(F)(F)F. The molecule has 6 nitrogen and oxygen atoms in total. The summed E-state index contributed by atoms with van der Waals surface area (Å²) in [6, 6.07) is 8.63. The largest absolute Gasteiger partial charge is 0.573 e. The van der Waals surface area contributed by atoms with Gasteiger partial charge in [-0.2, -0.15) is 18.3 Å². The zero-order valence-corrected chi connectivity index (χ0v) is 15.7. The van der Waals surface area contributed by atoms with Crippen LogP contribution in [0.2, 0.25) is 0 Å². The number of alkyl halides is 6. The molecule has 0 aliphatic heterocycles. The van der Waals surface area contributed by atoms with Crippen molar-refractivity contribution in [3.8, 4) is 5.75 Å². The van der Waals surface area contributed by atoms with Crippen LogP contribution >= 0.6 is 0 Å². The molecule has 2 aromatic carbocycles. The highest BCUT2D eigenvalue weighted by Crippen LogP contribution is 2.33. The van der Waals surface area contributed by atoms with Crippen LogP contribution in [0.25, 0.3) is 0 Å². The Bertz CT molecular complexity index is 1100. The first-order valence-corrected chi connectivity index (χ1v) is 8.60. The summed E-state index contributed by atoms with van der Waals surface area (Å²) in [7, 11) is 0. The van der Waals surface area contributed by atoms with E-state index in [1.165, 1.54) is 24.4 Å². The summed E-state index contributed by atoms with van der Waals surface area (Å²) < 4.78 is 92.1. The van der Waals surface area contributed by atoms with Crippen LogP contribution in [-0.4, -0.2) is 22.5 Å². The second-order valence-corrected chi connectivity index (χ2v) is 6.09. The Morgan fingerprint density at radius 1 is 0.875 bits per heavy atom. The second-order valence-electron chi connectivity index (χ2n) is 6.09. The third kappa shape index (κ3) is 6.55. The molecule has 32 heavy (non-hydrogen) atoms. The van der Waals surface area contributed by atoms with Crippen molar-refractivity contribution >= 4 is 23.5 Å². The van der Waals surface area contributed by atoms with Gasteiger partial charge < -0.3 is 10.1 Å². The predicted octanol–water partition coefficient (Wildman–Crippen LogP) is 5.72. The van der Waals surface area contributed by atoms with E-state index in [2.05, 4.69) is 30.5 Å². The molecule has 1 heterocycles. The Morgan fingerprint density at radius 3 is 2.22 bits per heavy atom. The second kappa shape index (κ2) is 9.08. The molecule has 0 saturated carbocycles. The lowest BCUT2D eigenvalue weighted by Crippen LogP contribution is -2.17. The maximum Gasteiger partial charge on any atom is 0.573 e. The molecule has 3 aromatic rings. The monoisotopic (exact) mass is 459 g/mol. The van der Waals surface area contributed by atoms with Crippen LogP contribution in [0.1, 0.15) is 11.1 Å². The minimum Gasteiger partial charge on any atom is -0.406 e. The van der Waals surface area contributed by atoms with Crippen LogP contribution in [0.5, 0.6) is 5.75 Å². The van der Waals surface area contributed by atoms with Gasteiger partial charge in [0.1, 0.15) is 23.7 Å². The number of aromatic nitrogens is 2. The van der Waals surface area contributed by atoms with Gasteiger partial charge in [-0.15, -0.1) is 13.2 Å². The number of nitrogens with one attached hydrogen (secondary N) is 2. The summed E-state index contributed by atoms with van der Waals surface area (Å²) in [5.74, 6) is -1.52. The van der Waals surface area contributed by atoms with Crippen LogP contribution in [0.15, 0.2) is 60.0 Å². The van der Waals surface area contributed by atoms with E-state index < -0.39 is 23.9 Å². The summed E-state index contributed by atoms with van der Waals surface area (Å²) in [6.45, 7) is 0. The summed E-state index contributed by atoms with van der Waals surface area (Å²) in [5, 5.41) is 6.47. The Balaban J connectivity index is 1.64. The van der Waals surface area contributed by atoms with Gasteiger partial charge in [-0.1, -0.05) is 0 Å². The van der Waals surface area contributed by atoms with Gasteiger partial charge in [0, 0.05) is 11.8 Å². The molecule has 3 rings (SSSR count). The highest BCUT2D eigenvalue weighted by Gasteiger charge is 2.34. The lowest BCUT2D eigenvalue weighted by atomic mass is 10.2. The molecule has 13 heteroatoms. The van der Waals surface area contributed by atoms with Crippen molar-refractivity contribution in [1.82, 2.24) is 9.97 Å². The molecule has 0 aliphatic carbocycles. The minimum absolute atomic E-state index is 0.0481. The van der Waals surface area contributed by atoms with E-state index in [0.29, 0.717) is 17.7 Å². The van der Waals surface area contributed by atoms with Gasteiger partial charge in [0.25, 0.3) is 0 Å². The van der Waals surface area contributed by atoms with E-state index in [1.54, 1.807) is 0 Å². The standard InChI is InChI=1S/C19H12F7N5O/c20-15-6-3-12(7-14(15)18(21,22)23)30-16-8-17(28-10-27-16)31-29-9-11-1-4-13(5-2-11)32-19(24,25)26/h1-10H,(H2,27,28,30,31). The molecule has 0 aliphatic rings. The van der Waals surface area contributed by atoms with Gasteiger partial charge in [0.2, 0.25) is 0 Å². The fraction of sp³-hybridized carbons (Fsp3) is 0.105. The van der Waals surface area contributed by atoms with Crippen molar-refractivity contribution in [2.24, 2.45) is 5.10 Å². The molecule has 168 valence electrons. The normalized spacial score (nSPS) is 12.1. The molecule has 2 N–H and O–H groups in total. The number of rotatable bonds is 6. The van der Waals surface area contributed by atoms with Crippen LogP contribution in [0.3, 0.4) is 0 Å². The Kier molecular flexibility index (Phi) is 6.46. The van der Waals surface area contributed by atoms with E-state index in [-0.39, 0.29) is 23.1 Å². The summed E-state index contributed by atoms with van der Waals surface area (Å²) in [6.07, 6.45) is -7.25. The van der Waals surface area contributed by atoms with Gasteiger partial charge in [-0.05, 0) is 48.0 Å². The number of benzene rings is 2. The minimum atomic E-state index is -4.86. The van der Waals surface area contributed by atoms with Gasteiger partial charge in [0.05, 0.1) is 11.8 Å². The van der Waals surface area contributed by atoms with E-state index in [9.17, 15) is 30.7 Å². The molecule has 0 saturated heterocycles. The van der Waals surface area contributed by atoms with E-state index in [4.69, 9.17) is 0 Å². The van der Waals surface area contributed by atoms with Crippen molar-refractivity contribution < 1.29 is 35.5 Å². The lowest BCUT2D eigenvalue weighted by molar-refractivity contribution is -0.274. The van der Waals surface area contributed by atoms with Crippen molar-refractivity contribution in [2.45, 2.75) is 12.5 Å². The summed E-state index contributed by atoms with van der Waals surface area (Å²) in [4.78, 5) is 7.74.